The van der Waals surface area contributed by atoms with Crippen LogP contribution in [0.4, 0.5) is 0 Å². The summed E-state index contributed by atoms with van der Waals surface area (Å²) in [6, 6.07) is 0. The number of aldehydes is 1. The second kappa shape index (κ2) is 7.49. The standard InChI is InChI=1S/C9H16O6/c1-2-3-15-7(5-11)9(14)8(13)6(12)4-10/h2,5-10,12-14H,1,3-4H2/t6-,7+,8-,9-/m1/s1. The Morgan fingerprint density at radius 3 is 2.27 bits per heavy atom. The molecule has 0 saturated carbocycles. The van der Waals surface area contributed by atoms with Gasteiger partial charge in [-0.1, -0.05) is 6.08 Å². The average Bonchev–Trinajstić information content (AvgIpc) is 2.27. The van der Waals surface area contributed by atoms with E-state index >= 15 is 0 Å². The Balaban J connectivity index is 4.28. The van der Waals surface area contributed by atoms with Crippen LogP contribution in [0.5, 0.6) is 0 Å². The van der Waals surface area contributed by atoms with Crippen molar-refractivity contribution in [3.63, 3.8) is 0 Å². The lowest BCUT2D eigenvalue weighted by molar-refractivity contribution is -0.143. The van der Waals surface area contributed by atoms with Crippen molar-refractivity contribution in [2.24, 2.45) is 0 Å². The molecule has 0 aromatic rings. The van der Waals surface area contributed by atoms with Crippen LogP contribution in [0.1, 0.15) is 0 Å². The zero-order valence-corrected chi connectivity index (χ0v) is 8.19. The van der Waals surface area contributed by atoms with Crippen LogP contribution in [-0.4, -0.2) is 64.3 Å². The topological polar surface area (TPSA) is 107 Å². The highest BCUT2D eigenvalue weighted by atomic mass is 16.5. The molecule has 0 radical (unpaired) electrons. The highest BCUT2D eigenvalue weighted by Gasteiger charge is 2.31. The van der Waals surface area contributed by atoms with E-state index in [4.69, 9.17) is 14.9 Å². The number of aliphatic hydroxyl groups is 4. The molecule has 0 unspecified atom stereocenters. The third-order valence-corrected chi connectivity index (χ3v) is 1.81. The molecule has 0 heterocycles. The van der Waals surface area contributed by atoms with Gasteiger partial charge in [-0.25, -0.2) is 0 Å². The van der Waals surface area contributed by atoms with Crippen molar-refractivity contribution in [1.82, 2.24) is 0 Å². The minimum atomic E-state index is -1.64. The first-order valence-electron chi connectivity index (χ1n) is 4.41. The number of aliphatic hydroxyl groups excluding tert-OH is 4. The molecule has 0 rings (SSSR count). The van der Waals surface area contributed by atoms with Gasteiger partial charge < -0.3 is 30.0 Å². The zero-order valence-electron chi connectivity index (χ0n) is 8.19. The summed E-state index contributed by atoms with van der Waals surface area (Å²) in [7, 11) is 0. The quantitative estimate of drug-likeness (QED) is 0.274. The third-order valence-electron chi connectivity index (χ3n) is 1.81. The van der Waals surface area contributed by atoms with Gasteiger partial charge in [-0.2, -0.15) is 0 Å². The van der Waals surface area contributed by atoms with Crippen LogP contribution in [0.3, 0.4) is 0 Å². The fourth-order valence-corrected chi connectivity index (χ4v) is 0.927. The summed E-state index contributed by atoms with van der Waals surface area (Å²) in [6.07, 6.45) is -4.34. The van der Waals surface area contributed by atoms with Crippen molar-refractivity contribution in [3.8, 4) is 0 Å². The number of ether oxygens (including phenoxy) is 1. The number of carbonyl (C=O) groups excluding carboxylic acids is 1. The van der Waals surface area contributed by atoms with Gasteiger partial charge in [0.1, 0.15) is 24.4 Å². The molecule has 0 fully saturated rings. The van der Waals surface area contributed by atoms with Crippen molar-refractivity contribution in [1.29, 1.82) is 0 Å². The first-order chi connectivity index (χ1) is 7.08. The summed E-state index contributed by atoms with van der Waals surface area (Å²) in [4.78, 5) is 10.5. The second-order valence-electron chi connectivity index (χ2n) is 2.95. The molecule has 0 aliphatic heterocycles. The van der Waals surface area contributed by atoms with Crippen LogP contribution >= 0.6 is 0 Å². The smallest absolute Gasteiger partial charge is 0.151 e. The van der Waals surface area contributed by atoms with Crippen molar-refractivity contribution in [2.75, 3.05) is 13.2 Å². The van der Waals surface area contributed by atoms with E-state index in [9.17, 15) is 15.0 Å². The zero-order chi connectivity index (χ0) is 11.8. The number of rotatable bonds is 8. The predicted molar refractivity (Wildman–Crippen MR) is 51.1 cm³/mol. The molecule has 0 aliphatic rings. The molecule has 6 heteroatoms. The van der Waals surface area contributed by atoms with Crippen LogP contribution < -0.4 is 0 Å². The Bertz CT molecular complexity index is 195. The summed E-state index contributed by atoms with van der Waals surface area (Å²) in [5, 5.41) is 36.2. The molecule has 4 atom stereocenters. The van der Waals surface area contributed by atoms with E-state index < -0.39 is 31.0 Å². The summed E-state index contributed by atoms with van der Waals surface area (Å²) < 4.78 is 4.83. The maximum atomic E-state index is 10.5. The van der Waals surface area contributed by atoms with Crippen LogP contribution in [0, 0.1) is 0 Å². The maximum absolute atomic E-state index is 10.5. The number of hydrogen-bond donors (Lipinski definition) is 4. The van der Waals surface area contributed by atoms with Crippen LogP contribution in [0.2, 0.25) is 0 Å². The van der Waals surface area contributed by atoms with Crippen LogP contribution in [-0.2, 0) is 9.53 Å². The van der Waals surface area contributed by atoms with Gasteiger partial charge in [-0.05, 0) is 0 Å². The van der Waals surface area contributed by atoms with E-state index in [1.165, 1.54) is 6.08 Å². The summed E-state index contributed by atoms with van der Waals surface area (Å²) in [5.74, 6) is 0. The molecule has 88 valence electrons. The van der Waals surface area contributed by atoms with Crippen molar-refractivity contribution >= 4 is 6.29 Å². The summed E-state index contributed by atoms with van der Waals surface area (Å²) in [5.41, 5.74) is 0. The van der Waals surface area contributed by atoms with Gasteiger partial charge in [0.25, 0.3) is 0 Å². The van der Waals surface area contributed by atoms with Gasteiger partial charge in [0.2, 0.25) is 0 Å². The minimum Gasteiger partial charge on any atom is -0.394 e. The van der Waals surface area contributed by atoms with E-state index in [0.717, 1.165) is 0 Å². The Morgan fingerprint density at radius 1 is 1.27 bits per heavy atom. The first-order valence-corrected chi connectivity index (χ1v) is 4.41. The molecule has 15 heavy (non-hydrogen) atoms. The summed E-state index contributed by atoms with van der Waals surface area (Å²) in [6.45, 7) is 2.66. The lowest BCUT2D eigenvalue weighted by atomic mass is 10.0. The SMILES string of the molecule is C=CCO[C@@H](C=O)[C@@H](O)[C@H](O)[C@H](O)CO. The van der Waals surface area contributed by atoms with Crippen LogP contribution in [0.15, 0.2) is 12.7 Å². The molecule has 0 spiro atoms. The highest BCUT2D eigenvalue weighted by Crippen LogP contribution is 2.06. The predicted octanol–water partition coefficient (Wildman–Crippen LogP) is -2.17. The molecule has 6 nitrogen and oxygen atoms in total. The Kier molecular flexibility index (Phi) is 7.10. The maximum Gasteiger partial charge on any atom is 0.151 e. The molecule has 0 aromatic carbocycles. The van der Waals surface area contributed by atoms with Crippen molar-refractivity contribution in [3.05, 3.63) is 12.7 Å². The molecular weight excluding hydrogens is 204 g/mol. The Hall–Kier alpha value is -0.790. The van der Waals surface area contributed by atoms with Gasteiger partial charge in [0.15, 0.2) is 6.29 Å². The van der Waals surface area contributed by atoms with Gasteiger partial charge in [-0.15, -0.1) is 6.58 Å². The molecule has 0 amide bonds. The van der Waals surface area contributed by atoms with Crippen molar-refractivity contribution in [2.45, 2.75) is 24.4 Å². The molecule has 0 bridgehead atoms. The number of carbonyl (C=O) groups is 1. The summed E-state index contributed by atoms with van der Waals surface area (Å²) >= 11 is 0. The first kappa shape index (κ1) is 14.2. The van der Waals surface area contributed by atoms with Gasteiger partial charge in [-0.3, -0.25) is 0 Å². The van der Waals surface area contributed by atoms with Crippen molar-refractivity contribution < 1.29 is 30.0 Å². The Labute approximate surface area is 87.4 Å². The minimum absolute atomic E-state index is 0.0302. The van der Waals surface area contributed by atoms with Gasteiger partial charge in [0, 0.05) is 0 Å². The fraction of sp³-hybridized carbons (Fsp3) is 0.667. The Morgan fingerprint density at radius 2 is 1.87 bits per heavy atom. The number of hydrogen-bond acceptors (Lipinski definition) is 6. The highest BCUT2D eigenvalue weighted by molar-refractivity contribution is 5.57. The van der Waals surface area contributed by atoms with E-state index in [0.29, 0.717) is 6.29 Å². The normalized spacial score (nSPS) is 18.9. The molecule has 0 aliphatic carbocycles. The second-order valence-corrected chi connectivity index (χ2v) is 2.95. The molecule has 0 saturated heterocycles. The fourth-order valence-electron chi connectivity index (χ4n) is 0.927. The average molecular weight is 220 g/mol. The van der Waals surface area contributed by atoms with Gasteiger partial charge >= 0.3 is 0 Å². The van der Waals surface area contributed by atoms with Crippen LogP contribution in [0.25, 0.3) is 0 Å². The van der Waals surface area contributed by atoms with E-state index in [2.05, 4.69) is 6.58 Å². The lowest BCUT2D eigenvalue weighted by Gasteiger charge is -2.25. The lowest BCUT2D eigenvalue weighted by Crippen LogP contribution is -2.47. The van der Waals surface area contributed by atoms with E-state index in [1.807, 2.05) is 0 Å². The monoisotopic (exact) mass is 220 g/mol. The molecule has 0 aromatic heterocycles. The largest absolute Gasteiger partial charge is 0.394 e. The van der Waals surface area contributed by atoms with Gasteiger partial charge in [0.05, 0.1) is 13.2 Å². The third kappa shape index (κ3) is 4.50. The molecule has 4 N–H and O–H groups in total. The van der Waals surface area contributed by atoms with E-state index in [1.54, 1.807) is 0 Å². The van der Waals surface area contributed by atoms with E-state index in [-0.39, 0.29) is 6.61 Å². The molecular formula is C9H16O6.